The first-order valence-electron chi connectivity index (χ1n) is 11.1. The SMILES string of the molecule is Cc1ccc(N)c(C=NNc2cc(N3CCOCC3)cc(OCCN3CCOCC3)n2)c1. The number of nitrogen functional groups attached to an aromatic ring is 1. The van der Waals surface area contributed by atoms with Crippen molar-refractivity contribution in [3.63, 3.8) is 0 Å². The van der Waals surface area contributed by atoms with Gasteiger partial charge in [-0.25, -0.2) is 0 Å². The predicted octanol–water partition coefficient (Wildman–Crippen LogP) is 1.97. The normalized spacial score (nSPS) is 17.6. The summed E-state index contributed by atoms with van der Waals surface area (Å²) < 4.78 is 16.9. The van der Waals surface area contributed by atoms with Crippen LogP contribution in [0.4, 0.5) is 17.2 Å². The molecule has 0 spiro atoms. The lowest BCUT2D eigenvalue weighted by atomic mass is 10.1. The number of benzene rings is 1. The average molecular weight is 441 g/mol. The number of nitrogens with zero attached hydrogens (tertiary/aromatic N) is 4. The Morgan fingerprint density at radius 2 is 1.84 bits per heavy atom. The number of hydrogen-bond acceptors (Lipinski definition) is 9. The van der Waals surface area contributed by atoms with Crippen LogP contribution in [0.2, 0.25) is 0 Å². The molecule has 2 aromatic rings. The molecular formula is C23H32N6O3. The maximum Gasteiger partial charge on any atom is 0.217 e. The van der Waals surface area contributed by atoms with Gasteiger partial charge in [0.25, 0.3) is 0 Å². The number of morpholine rings is 2. The van der Waals surface area contributed by atoms with E-state index in [2.05, 4.69) is 25.3 Å². The van der Waals surface area contributed by atoms with Crippen LogP contribution < -0.4 is 20.8 Å². The highest BCUT2D eigenvalue weighted by Gasteiger charge is 2.15. The molecule has 172 valence electrons. The Kier molecular flexibility index (Phi) is 7.76. The summed E-state index contributed by atoms with van der Waals surface area (Å²) in [6, 6.07) is 9.83. The van der Waals surface area contributed by atoms with E-state index in [0.717, 1.165) is 62.8 Å². The molecule has 9 heteroatoms. The Morgan fingerprint density at radius 3 is 2.62 bits per heavy atom. The molecule has 2 fully saturated rings. The fourth-order valence-corrected chi connectivity index (χ4v) is 3.70. The molecule has 32 heavy (non-hydrogen) atoms. The fraction of sp³-hybridized carbons (Fsp3) is 0.478. The quantitative estimate of drug-likeness (QED) is 0.365. The van der Waals surface area contributed by atoms with Crippen molar-refractivity contribution in [3.05, 3.63) is 41.5 Å². The smallest absolute Gasteiger partial charge is 0.217 e. The van der Waals surface area contributed by atoms with Gasteiger partial charge >= 0.3 is 0 Å². The lowest BCUT2D eigenvalue weighted by molar-refractivity contribution is 0.0320. The summed E-state index contributed by atoms with van der Waals surface area (Å²) in [4.78, 5) is 9.21. The minimum atomic E-state index is 0.572. The van der Waals surface area contributed by atoms with Gasteiger partial charge in [0.2, 0.25) is 5.88 Å². The number of ether oxygens (including phenoxy) is 3. The molecule has 2 aliphatic rings. The third kappa shape index (κ3) is 6.32. The van der Waals surface area contributed by atoms with Crippen LogP contribution >= 0.6 is 0 Å². The number of rotatable bonds is 8. The van der Waals surface area contributed by atoms with Crippen LogP contribution in [0.5, 0.6) is 5.88 Å². The molecule has 0 radical (unpaired) electrons. The number of anilines is 3. The van der Waals surface area contributed by atoms with Gasteiger partial charge in [-0.2, -0.15) is 10.1 Å². The molecule has 1 aromatic carbocycles. The molecule has 2 aliphatic heterocycles. The Bertz CT molecular complexity index is 911. The summed E-state index contributed by atoms with van der Waals surface area (Å²) in [5.74, 6) is 1.20. The molecular weight excluding hydrogens is 408 g/mol. The third-order valence-corrected chi connectivity index (χ3v) is 5.55. The zero-order valence-electron chi connectivity index (χ0n) is 18.6. The van der Waals surface area contributed by atoms with Gasteiger partial charge in [0, 0.05) is 61.8 Å². The highest BCUT2D eigenvalue weighted by molar-refractivity contribution is 5.87. The number of nitrogens with one attached hydrogen (secondary N) is 1. The molecule has 0 amide bonds. The average Bonchev–Trinajstić information content (AvgIpc) is 2.82. The van der Waals surface area contributed by atoms with Gasteiger partial charge in [0.15, 0.2) is 5.82 Å². The van der Waals surface area contributed by atoms with Crippen LogP contribution in [0.1, 0.15) is 11.1 Å². The summed E-state index contributed by atoms with van der Waals surface area (Å²) in [6.45, 7) is 9.97. The maximum absolute atomic E-state index is 6.05. The predicted molar refractivity (Wildman–Crippen MR) is 127 cm³/mol. The van der Waals surface area contributed by atoms with Crippen molar-refractivity contribution in [1.29, 1.82) is 0 Å². The Labute approximate surface area is 189 Å². The molecule has 0 saturated carbocycles. The van der Waals surface area contributed by atoms with Crippen molar-refractivity contribution >= 4 is 23.4 Å². The van der Waals surface area contributed by atoms with E-state index in [4.69, 9.17) is 19.9 Å². The van der Waals surface area contributed by atoms with E-state index >= 15 is 0 Å². The standard InChI is InChI=1S/C23H32N6O3/c1-18-2-3-21(24)19(14-18)17-25-27-22-15-20(29-7-11-31-12-8-29)16-23(26-22)32-13-6-28-4-9-30-10-5-28/h2-3,14-17H,4-13,24H2,1H3,(H,26,27). The van der Waals surface area contributed by atoms with Gasteiger partial charge in [-0.15, -0.1) is 0 Å². The first kappa shape index (κ1) is 22.3. The van der Waals surface area contributed by atoms with Crippen LogP contribution in [0.3, 0.4) is 0 Å². The minimum Gasteiger partial charge on any atom is -0.476 e. The zero-order chi connectivity index (χ0) is 22.2. The van der Waals surface area contributed by atoms with E-state index in [0.29, 0.717) is 37.2 Å². The Balaban J connectivity index is 1.44. The highest BCUT2D eigenvalue weighted by Crippen LogP contribution is 2.25. The summed E-state index contributed by atoms with van der Waals surface area (Å²) in [7, 11) is 0. The molecule has 3 N–H and O–H groups in total. The number of aromatic nitrogens is 1. The molecule has 2 saturated heterocycles. The second-order valence-electron chi connectivity index (χ2n) is 7.95. The van der Waals surface area contributed by atoms with Crippen molar-refractivity contribution in [2.75, 3.05) is 81.8 Å². The second-order valence-corrected chi connectivity index (χ2v) is 7.95. The van der Waals surface area contributed by atoms with E-state index < -0.39 is 0 Å². The number of aryl methyl sites for hydroxylation is 1. The Morgan fingerprint density at radius 1 is 1.09 bits per heavy atom. The number of pyridine rings is 1. The van der Waals surface area contributed by atoms with Crippen LogP contribution in [-0.4, -0.2) is 81.9 Å². The van der Waals surface area contributed by atoms with E-state index in [1.54, 1.807) is 6.21 Å². The molecule has 0 atom stereocenters. The maximum atomic E-state index is 6.05. The second kappa shape index (κ2) is 11.1. The van der Waals surface area contributed by atoms with Gasteiger partial charge < -0.3 is 24.8 Å². The number of hydrogen-bond donors (Lipinski definition) is 2. The van der Waals surface area contributed by atoms with Gasteiger partial charge in [-0.3, -0.25) is 10.3 Å². The summed E-state index contributed by atoms with van der Waals surface area (Å²) in [5.41, 5.74) is 12.8. The molecule has 0 unspecified atom stereocenters. The zero-order valence-corrected chi connectivity index (χ0v) is 18.6. The first-order chi connectivity index (χ1) is 15.7. The van der Waals surface area contributed by atoms with Crippen molar-refractivity contribution in [3.8, 4) is 5.88 Å². The van der Waals surface area contributed by atoms with E-state index in [1.807, 2.05) is 37.3 Å². The van der Waals surface area contributed by atoms with E-state index in [1.165, 1.54) is 0 Å². The summed E-state index contributed by atoms with van der Waals surface area (Å²) >= 11 is 0. The Hall–Kier alpha value is -2.88. The van der Waals surface area contributed by atoms with Crippen LogP contribution in [0.25, 0.3) is 0 Å². The van der Waals surface area contributed by atoms with Crippen molar-refractivity contribution in [2.45, 2.75) is 6.92 Å². The minimum absolute atomic E-state index is 0.572. The number of hydrazone groups is 1. The third-order valence-electron chi connectivity index (χ3n) is 5.55. The molecule has 1 aromatic heterocycles. The summed E-state index contributed by atoms with van der Waals surface area (Å²) in [5, 5.41) is 4.36. The van der Waals surface area contributed by atoms with Gasteiger partial charge in [0.1, 0.15) is 6.61 Å². The topological polar surface area (TPSA) is 97.5 Å². The van der Waals surface area contributed by atoms with Crippen molar-refractivity contribution < 1.29 is 14.2 Å². The van der Waals surface area contributed by atoms with E-state index in [9.17, 15) is 0 Å². The summed E-state index contributed by atoms with van der Waals surface area (Å²) in [6.07, 6.45) is 1.71. The molecule has 0 aliphatic carbocycles. The molecule has 4 rings (SSSR count). The number of nitrogens with two attached hydrogens (primary N) is 1. The lowest BCUT2D eigenvalue weighted by Crippen LogP contribution is -2.38. The highest BCUT2D eigenvalue weighted by atomic mass is 16.5. The van der Waals surface area contributed by atoms with Crippen molar-refractivity contribution in [1.82, 2.24) is 9.88 Å². The van der Waals surface area contributed by atoms with Gasteiger partial charge in [-0.1, -0.05) is 11.6 Å². The van der Waals surface area contributed by atoms with Crippen LogP contribution in [0, 0.1) is 6.92 Å². The van der Waals surface area contributed by atoms with Crippen LogP contribution in [0.15, 0.2) is 35.4 Å². The first-order valence-corrected chi connectivity index (χ1v) is 11.1. The monoisotopic (exact) mass is 440 g/mol. The van der Waals surface area contributed by atoms with Gasteiger partial charge in [0.05, 0.1) is 32.6 Å². The lowest BCUT2D eigenvalue weighted by Gasteiger charge is -2.29. The molecule has 9 nitrogen and oxygen atoms in total. The van der Waals surface area contributed by atoms with E-state index in [-0.39, 0.29) is 0 Å². The molecule has 3 heterocycles. The van der Waals surface area contributed by atoms with Crippen molar-refractivity contribution in [2.24, 2.45) is 5.10 Å². The van der Waals surface area contributed by atoms with Gasteiger partial charge in [-0.05, 0) is 19.1 Å². The molecule has 0 bridgehead atoms. The largest absolute Gasteiger partial charge is 0.476 e. The van der Waals surface area contributed by atoms with Crippen LogP contribution in [-0.2, 0) is 9.47 Å². The fourth-order valence-electron chi connectivity index (χ4n) is 3.70.